The van der Waals surface area contributed by atoms with Crippen molar-refractivity contribution in [1.82, 2.24) is 4.98 Å². The van der Waals surface area contributed by atoms with E-state index in [1.54, 1.807) is 6.20 Å². The molecule has 2 aromatic rings. The van der Waals surface area contributed by atoms with Crippen molar-refractivity contribution in [1.29, 1.82) is 0 Å². The minimum absolute atomic E-state index is 0.441. The van der Waals surface area contributed by atoms with Gasteiger partial charge in [-0.1, -0.05) is 43.6 Å². The van der Waals surface area contributed by atoms with Crippen LogP contribution in [0.2, 0.25) is 5.02 Å². The van der Waals surface area contributed by atoms with E-state index in [1.165, 1.54) is 11.1 Å². The Labute approximate surface area is 127 Å². The van der Waals surface area contributed by atoms with Crippen LogP contribution < -0.4 is 5.32 Å². The molecule has 2 rings (SSSR count). The lowest BCUT2D eigenvalue weighted by Gasteiger charge is -2.17. The fraction of sp³-hybridized carbons (Fsp3) is 0.267. The van der Waals surface area contributed by atoms with Gasteiger partial charge in [0.1, 0.15) is 5.82 Å². The number of benzene rings is 1. The lowest BCUT2D eigenvalue weighted by Crippen LogP contribution is -2.02. The number of aromatic nitrogens is 1. The van der Waals surface area contributed by atoms with E-state index in [0.717, 1.165) is 10.2 Å². The molecule has 1 aromatic heterocycles. The van der Waals surface area contributed by atoms with Gasteiger partial charge in [0.25, 0.3) is 0 Å². The van der Waals surface area contributed by atoms with Crippen molar-refractivity contribution < 1.29 is 0 Å². The molecule has 0 saturated carbocycles. The molecule has 0 aliphatic heterocycles. The van der Waals surface area contributed by atoms with Gasteiger partial charge < -0.3 is 5.32 Å². The first kappa shape index (κ1) is 14.4. The number of rotatable bonds is 3. The number of hydrogen-bond donors (Lipinski definition) is 1. The maximum atomic E-state index is 6.21. The Balaban J connectivity index is 2.43. The normalized spacial score (nSPS) is 10.8. The summed E-state index contributed by atoms with van der Waals surface area (Å²) in [7, 11) is 0. The van der Waals surface area contributed by atoms with Crippen LogP contribution in [0.5, 0.6) is 0 Å². The number of halogens is 2. The van der Waals surface area contributed by atoms with Crippen LogP contribution in [0.3, 0.4) is 0 Å². The van der Waals surface area contributed by atoms with Crippen molar-refractivity contribution >= 4 is 39.0 Å². The van der Waals surface area contributed by atoms with Crippen LogP contribution in [0.1, 0.15) is 30.9 Å². The summed E-state index contributed by atoms with van der Waals surface area (Å²) in [6.07, 6.45) is 1.74. The molecule has 0 saturated heterocycles. The highest BCUT2D eigenvalue weighted by atomic mass is 79.9. The van der Waals surface area contributed by atoms with Crippen LogP contribution in [0.4, 0.5) is 11.5 Å². The molecular formula is C15H16BrClN2. The largest absolute Gasteiger partial charge is 0.339 e. The monoisotopic (exact) mass is 338 g/mol. The Morgan fingerprint density at radius 3 is 2.68 bits per heavy atom. The number of anilines is 2. The van der Waals surface area contributed by atoms with Gasteiger partial charge in [-0.05, 0) is 46.0 Å². The highest BCUT2D eigenvalue weighted by molar-refractivity contribution is 9.10. The standard InChI is InChI=1S/C15H16BrClN2/c1-9(2)12-6-4-5-10(3)14(12)19-15-13(17)7-11(16)8-18-15/h4-9H,1-3H3,(H,18,19). The minimum atomic E-state index is 0.441. The summed E-state index contributed by atoms with van der Waals surface area (Å²) in [5.41, 5.74) is 3.54. The maximum Gasteiger partial charge on any atom is 0.149 e. The highest BCUT2D eigenvalue weighted by Gasteiger charge is 2.11. The van der Waals surface area contributed by atoms with Crippen molar-refractivity contribution in [2.45, 2.75) is 26.7 Å². The molecule has 0 unspecified atom stereocenters. The van der Waals surface area contributed by atoms with Crippen molar-refractivity contribution in [2.75, 3.05) is 5.32 Å². The van der Waals surface area contributed by atoms with Crippen molar-refractivity contribution in [3.8, 4) is 0 Å². The van der Waals surface area contributed by atoms with Gasteiger partial charge in [-0.3, -0.25) is 0 Å². The van der Waals surface area contributed by atoms with Gasteiger partial charge in [0, 0.05) is 16.4 Å². The van der Waals surface area contributed by atoms with Crippen molar-refractivity contribution in [3.63, 3.8) is 0 Å². The molecule has 19 heavy (non-hydrogen) atoms. The Morgan fingerprint density at radius 1 is 1.32 bits per heavy atom. The molecule has 0 atom stereocenters. The molecule has 0 bridgehead atoms. The van der Waals surface area contributed by atoms with Crippen molar-refractivity contribution in [3.05, 3.63) is 51.1 Å². The van der Waals surface area contributed by atoms with Gasteiger partial charge in [0.05, 0.1) is 5.02 Å². The van der Waals surface area contributed by atoms with Gasteiger partial charge >= 0.3 is 0 Å². The quantitative estimate of drug-likeness (QED) is 0.779. The summed E-state index contributed by atoms with van der Waals surface area (Å²) in [4.78, 5) is 4.32. The first-order valence-corrected chi connectivity index (χ1v) is 7.33. The molecule has 0 aliphatic rings. The Kier molecular flexibility index (Phi) is 4.48. The third-order valence-corrected chi connectivity index (χ3v) is 3.70. The summed E-state index contributed by atoms with van der Waals surface area (Å²) < 4.78 is 0.872. The predicted octanol–water partition coefficient (Wildman–Crippen LogP) is 5.67. The summed E-state index contributed by atoms with van der Waals surface area (Å²) in [5, 5.41) is 3.96. The maximum absolute atomic E-state index is 6.21. The third-order valence-electron chi connectivity index (χ3n) is 2.98. The van der Waals surface area contributed by atoms with E-state index in [1.807, 2.05) is 6.07 Å². The number of hydrogen-bond acceptors (Lipinski definition) is 2. The topological polar surface area (TPSA) is 24.9 Å². The van der Waals surface area contributed by atoms with E-state index in [4.69, 9.17) is 11.6 Å². The summed E-state index contributed by atoms with van der Waals surface area (Å²) >= 11 is 9.57. The van der Waals surface area contributed by atoms with E-state index in [0.29, 0.717) is 16.8 Å². The summed E-state index contributed by atoms with van der Waals surface area (Å²) in [6, 6.07) is 8.13. The molecule has 2 nitrogen and oxygen atoms in total. The summed E-state index contributed by atoms with van der Waals surface area (Å²) in [5.74, 6) is 1.12. The second-order valence-electron chi connectivity index (χ2n) is 4.80. The van der Waals surface area contributed by atoms with Crippen LogP contribution in [0.15, 0.2) is 34.9 Å². The lowest BCUT2D eigenvalue weighted by atomic mass is 9.98. The molecule has 1 heterocycles. The van der Waals surface area contributed by atoms with Gasteiger partial charge in [-0.25, -0.2) is 4.98 Å². The van der Waals surface area contributed by atoms with Crippen LogP contribution in [0, 0.1) is 6.92 Å². The molecule has 0 aliphatic carbocycles. The van der Waals surface area contributed by atoms with E-state index < -0.39 is 0 Å². The first-order valence-electron chi connectivity index (χ1n) is 6.16. The number of para-hydroxylation sites is 1. The molecule has 0 amide bonds. The van der Waals surface area contributed by atoms with E-state index in [2.05, 4.69) is 65.2 Å². The summed E-state index contributed by atoms with van der Waals surface area (Å²) in [6.45, 7) is 6.44. The second-order valence-corrected chi connectivity index (χ2v) is 6.13. The number of nitrogens with zero attached hydrogens (tertiary/aromatic N) is 1. The van der Waals surface area contributed by atoms with Gasteiger partial charge in [-0.15, -0.1) is 0 Å². The molecule has 0 fully saturated rings. The molecule has 1 aromatic carbocycles. The molecule has 0 radical (unpaired) electrons. The van der Waals surface area contributed by atoms with E-state index >= 15 is 0 Å². The highest BCUT2D eigenvalue weighted by Crippen LogP contribution is 2.32. The Bertz CT molecular complexity index is 597. The zero-order valence-electron chi connectivity index (χ0n) is 11.2. The molecular weight excluding hydrogens is 324 g/mol. The van der Waals surface area contributed by atoms with Crippen LogP contribution in [-0.2, 0) is 0 Å². The SMILES string of the molecule is Cc1cccc(C(C)C)c1Nc1ncc(Br)cc1Cl. The van der Waals surface area contributed by atoms with Gasteiger partial charge in [0.2, 0.25) is 0 Å². The van der Waals surface area contributed by atoms with Crippen LogP contribution >= 0.6 is 27.5 Å². The zero-order chi connectivity index (χ0) is 14.0. The first-order chi connectivity index (χ1) is 8.99. The van der Waals surface area contributed by atoms with Crippen LogP contribution in [-0.4, -0.2) is 4.98 Å². The fourth-order valence-corrected chi connectivity index (χ4v) is 2.64. The average molecular weight is 340 g/mol. The lowest BCUT2D eigenvalue weighted by molar-refractivity contribution is 0.867. The van der Waals surface area contributed by atoms with E-state index in [-0.39, 0.29) is 0 Å². The number of nitrogens with one attached hydrogen (secondary N) is 1. The zero-order valence-corrected chi connectivity index (χ0v) is 13.5. The molecule has 1 N–H and O–H groups in total. The molecule has 4 heteroatoms. The third kappa shape index (κ3) is 3.28. The predicted molar refractivity (Wildman–Crippen MR) is 85.5 cm³/mol. The Hall–Kier alpha value is -1.06. The van der Waals surface area contributed by atoms with E-state index in [9.17, 15) is 0 Å². The number of aryl methyl sites for hydroxylation is 1. The molecule has 100 valence electrons. The van der Waals surface area contributed by atoms with Gasteiger partial charge in [0.15, 0.2) is 0 Å². The molecule has 0 spiro atoms. The van der Waals surface area contributed by atoms with Crippen molar-refractivity contribution in [2.24, 2.45) is 0 Å². The average Bonchev–Trinajstić information content (AvgIpc) is 2.34. The fourth-order valence-electron chi connectivity index (χ4n) is 1.97. The second kappa shape index (κ2) is 5.93. The smallest absolute Gasteiger partial charge is 0.149 e. The van der Waals surface area contributed by atoms with Crippen LogP contribution in [0.25, 0.3) is 0 Å². The Morgan fingerprint density at radius 2 is 2.05 bits per heavy atom. The van der Waals surface area contributed by atoms with Gasteiger partial charge in [-0.2, -0.15) is 0 Å². The number of pyridine rings is 1. The minimum Gasteiger partial charge on any atom is -0.339 e.